The van der Waals surface area contributed by atoms with E-state index in [0.29, 0.717) is 0 Å². The Bertz CT molecular complexity index is 8010. The first-order valence-corrected chi connectivity index (χ1v) is 42.5. The lowest BCUT2D eigenvalue weighted by Gasteiger charge is -2.13. The first-order chi connectivity index (χ1) is 61.5. The quantitative estimate of drug-likeness (QED) is 0.132. The standard InChI is InChI=1S/4C27H16N4/c1-2-5-18-15(4-1)12-16-7-8-17-13-21-26(24(17)23(16)18)31-22-9-11-28-14-20(22)25-19(27(31)30-21)6-3-10-29-25;1-2-5-18-15(4-1)12-16-7-8-17-13-21-26(24(17)23(16)18)31-22-9-11-28-14-20(22)19-6-3-10-29-25(19)27(31)30-21;1-2-4-18-15(3-1)11-16-5-6-17-12-22-26(25(17)24(16)18)31-23-8-10-29-14-21(23)20-13-28-9-7-19(20)27(31)30-22;1-2-4-18-15(3-1)11-16-5-6-17-12-22-26(25(17)24(16)18)31-23-8-10-29-13-20(23)19-7-9-28-14-21(19)27(31)30-22/h2*1-11,14H,12-13H2;2*1-10,13-14H,11-12H2. The third-order valence-electron chi connectivity index (χ3n) is 27.8. The molecule has 0 atom stereocenters. The van der Waals surface area contributed by atoms with E-state index in [1.165, 1.54) is 156 Å². The second kappa shape index (κ2) is 24.7. The molecule has 0 radical (unpaired) electrons. The van der Waals surface area contributed by atoms with Crippen molar-refractivity contribution in [2.75, 3.05) is 0 Å². The van der Waals surface area contributed by atoms with Crippen molar-refractivity contribution < 1.29 is 0 Å². The van der Waals surface area contributed by atoms with Crippen molar-refractivity contribution in [1.29, 1.82) is 0 Å². The Morgan fingerprint density at radius 3 is 0.911 bits per heavy atom. The van der Waals surface area contributed by atoms with E-state index in [2.05, 4.69) is 247 Å². The molecule has 8 aliphatic carbocycles. The van der Waals surface area contributed by atoms with Crippen LogP contribution in [0.15, 0.2) is 293 Å². The summed E-state index contributed by atoms with van der Waals surface area (Å²) < 4.78 is 9.39. The summed E-state index contributed by atoms with van der Waals surface area (Å²) in [6.45, 7) is 0. The molecule has 16 nitrogen and oxygen atoms in total. The zero-order chi connectivity index (χ0) is 80.4. The molecule has 0 spiro atoms. The second-order valence-corrected chi connectivity index (χ2v) is 34.1. The van der Waals surface area contributed by atoms with Crippen LogP contribution >= 0.6 is 0 Å². The third kappa shape index (κ3) is 8.98. The largest absolute Gasteiger partial charge is 0.291 e. The van der Waals surface area contributed by atoms with Gasteiger partial charge in [-0.1, -0.05) is 152 Å². The molecule has 0 amide bonds. The number of hydrogen-bond acceptors (Lipinski definition) is 12. The van der Waals surface area contributed by atoms with Gasteiger partial charge in [0, 0.05) is 183 Å². The Labute approximate surface area is 706 Å². The van der Waals surface area contributed by atoms with Crippen LogP contribution in [0, 0.1) is 0 Å². The van der Waals surface area contributed by atoms with Gasteiger partial charge in [0.1, 0.15) is 22.5 Å². The Kier molecular flexibility index (Phi) is 13.3. The summed E-state index contributed by atoms with van der Waals surface area (Å²) in [5, 5.41) is 11.0. The van der Waals surface area contributed by atoms with Crippen LogP contribution in [0.3, 0.4) is 0 Å². The van der Waals surface area contributed by atoms with Crippen LogP contribution < -0.4 is 0 Å². The van der Waals surface area contributed by atoms with Gasteiger partial charge in [-0.3, -0.25) is 57.5 Å². The fourth-order valence-corrected chi connectivity index (χ4v) is 22.8. The lowest BCUT2D eigenvalue weighted by molar-refractivity contribution is 1.16. The summed E-state index contributed by atoms with van der Waals surface area (Å²) in [6, 6.07) is 74.5. The highest BCUT2D eigenvalue weighted by Crippen LogP contribution is 2.56. The highest BCUT2D eigenvalue weighted by molar-refractivity contribution is 6.17. The minimum Gasteiger partial charge on any atom is -0.291 e. The molecule has 576 valence electrons. The number of imidazole rings is 4. The van der Waals surface area contributed by atoms with Crippen LogP contribution in [0.25, 0.3) is 199 Å². The Morgan fingerprint density at radius 2 is 0.484 bits per heavy atom. The van der Waals surface area contributed by atoms with Gasteiger partial charge in [-0.25, -0.2) is 19.9 Å². The fraction of sp³-hybridized carbons (Fsp3) is 0.0741. The van der Waals surface area contributed by atoms with E-state index >= 15 is 0 Å². The van der Waals surface area contributed by atoms with Crippen molar-refractivity contribution in [3.05, 3.63) is 383 Å². The fourth-order valence-electron chi connectivity index (χ4n) is 22.8. The van der Waals surface area contributed by atoms with Gasteiger partial charge in [0.05, 0.1) is 73.1 Å². The SMILES string of the molecule is c1ccc2c(c1)Cc1ccc3c(c1-2)-c1c(nc2c4cccnc4c4cnccc4n12)C3.c1ccc2c(c1)Cc1ccc3c(c1-2)-c1c(nc2c4ccncc4c4cnccc4n12)C3.c1ccc2c(c1)Cc1ccc3c(c1-2)-c1c(nc2c4cnccc4c4cnccc4n12)C3.c1ccc2c(c1)Cc1ccc3c(c1-2)-c1c(nc2c4ncccc4c4cnccc4n12)C3. The van der Waals surface area contributed by atoms with Crippen molar-refractivity contribution >= 4 is 110 Å². The third-order valence-corrected chi connectivity index (χ3v) is 27.8. The Hall–Kier alpha value is -16.2. The minimum absolute atomic E-state index is 0.864. The van der Waals surface area contributed by atoms with Gasteiger partial charge in [0.15, 0.2) is 5.65 Å². The average molecular weight is 1590 g/mol. The van der Waals surface area contributed by atoms with Crippen LogP contribution in [0.4, 0.5) is 0 Å². The number of pyridine rings is 12. The zero-order valence-electron chi connectivity index (χ0n) is 66.5. The molecular formula is C108H64N16. The average Bonchev–Trinajstić information content (AvgIpc) is 1.55. The number of benzene rings is 8. The molecule has 0 saturated carbocycles. The molecule has 0 unspecified atom stereocenters. The molecule has 0 bridgehead atoms. The minimum atomic E-state index is 0.864. The maximum absolute atomic E-state index is 5.18. The summed E-state index contributed by atoms with van der Waals surface area (Å²) in [7, 11) is 0. The van der Waals surface area contributed by atoms with E-state index in [-0.39, 0.29) is 0 Å². The first kappa shape index (κ1) is 66.7. The lowest BCUT2D eigenvalue weighted by Crippen LogP contribution is -1.97. The molecular weight excluding hydrogens is 1520 g/mol. The number of hydrogen-bond donors (Lipinski definition) is 0. The predicted molar refractivity (Wildman–Crippen MR) is 489 cm³/mol. The van der Waals surface area contributed by atoms with Crippen molar-refractivity contribution in [2.45, 2.75) is 51.4 Å². The smallest absolute Gasteiger partial charge is 0.164 e. The molecule has 0 saturated heterocycles. The van der Waals surface area contributed by atoms with Crippen molar-refractivity contribution in [3.63, 3.8) is 0 Å². The maximum atomic E-state index is 5.18. The lowest BCUT2D eigenvalue weighted by atomic mass is 9.95. The van der Waals surface area contributed by atoms with Gasteiger partial charge in [-0.15, -0.1) is 0 Å². The molecule has 32 rings (SSSR count). The second-order valence-electron chi connectivity index (χ2n) is 34.1. The van der Waals surface area contributed by atoms with Crippen molar-refractivity contribution in [3.8, 4) is 89.5 Å². The molecule has 0 N–H and O–H groups in total. The van der Waals surface area contributed by atoms with E-state index in [0.717, 1.165) is 184 Å². The molecule has 16 aromatic heterocycles. The zero-order valence-corrected chi connectivity index (χ0v) is 66.5. The molecule has 0 fully saturated rings. The van der Waals surface area contributed by atoms with Crippen LogP contribution in [0.2, 0.25) is 0 Å². The Balaban J connectivity index is 0.0000000828. The van der Waals surface area contributed by atoms with Gasteiger partial charge in [-0.2, -0.15) is 0 Å². The van der Waals surface area contributed by atoms with Gasteiger partial charge < -0.3 is 0 Å². The highest BCUT2D eigenvalue weighted by atomic mass is 15.1. The van der Waals surface area contributed by atoms with Crippen LogP contribution in [-0.2, 0) is 51.4 Å². The number of nitrogens with zero attached hydrogens (tertiary/aromatic N) is 16. The summed E-state index contributed by atoms with van der Waals surface area (Å²) in [6.07, 6.45) is 34.0. The summed E-state index contributed by atoms with van der Waals surface area (Å²) in [5.74, 6) is 0. The molecule has 8 aliphatic rings. The molecule has 16 heteroatoms. The van der Waals surface area contributed by atoms with E-state index in [1.54, 1.807) is 0 Å². The van der Waals surface area contributed by atoms with Crippen molar-refractivity contribution in [2.24, 2.45) is 0 Å². The normalized spacial score (nSPS) is 13.5. The molecule has 16 heterocycles. The van der Waals surface area contributed by atoms with Crippen LogP contribution in [0.5, 0.6) is 0 Å². The van der Waals surface area contributed by atoms with Crippen LogP contribution in [-0.4, -0.2) is 77.4 Å². The van der Waals surface area contributed by atoms with E-state index in [1.807, 2.05) is 98.9 Å². The summed E-state index contributed by atoms with van der Waals surface area (Å²) >= 11 is 0. The molecule has 0 aliphatic heterocycles. The van der Waals surface area contributed by atoms with Crippen molar-refractivity contribution in [1.82, 2.24) is 77.4 Å². The van der Waals surface area contributed by atoms with Gasteiger partial charge in [0.2, 0.25) is 0 Å². The van der Waals surface area contributed by atoms with Gasteiger partial charge in [-0.05, 0) is 197 Å². The number of fused-ring (bicyclic) bond motifs is 56. The number of aromatic nitrogens is 16. The van der Waals surface area contributed by atoms with E-state index < -0.39 is 0 Å². The Morgan fingerprint density at radius 1 is 0.185 bits per heavy atom. The monoisotopic (exact) mass is 1580 g/mol. The maximum Gasteiger partial charge on any atom is 0.164 e. The van der Waals surface area contributed by atoms with Gasteiger partial charge >= 0.3 is 0 Å². The molecule has 8 aromatic carbocycles. The summed E-state index contributed by atoms with van der Waals surface area (Å²) in [4.78, 5) is 56.5. The van der Waals surface area contributed by atoms with E-state index in [9.17, 15) is 0 Å². The van der Waals surface area contributed by atoms with Crippen LogP contribution in [0.1, 0.15) is 89.5 Å². The summed E-state index contributed by atoms with van der Waals surface area (Å²) in [5.41, 5.74) is 53.1. The molecule has 124 heavy (non-hydrogen) atoms. The van der Waals surface area contributed by atoms with E-state index in [4.69, 9.17) is 24.9 Å². The molecule has 24 aromatic rings. The van der Waals surface area contributed by atoms with Gasteiger partial charge in [0.25, 0.3) is 0 Å². The number of rotatable bonds is 0. The first-order valence-electron chi connectivity index (χ1n) is 42.5. The topological polar surface area (TPSA) is 172 Å². The highest BCUT2D eigenvalue weighted by Gasteiger charge is 2.39. The predicted octanol–water partition coefficient (Wildman–Crippen LogP) is 22.3.